The highest BCUT2D eigenvalue weighted by molar-refractivity contribution is 9.10. The summed E-state index contributed by atoms with van der Waals surface area (Å²) in [7, 11) is 0. The fourth-order valence-electron chi connectivity index (χ4n) is 2.82. The summed E-state index contributed by atoms with van der Waals surface area (Å²) in [6.45, 7) is 4.76. The van der Waals surface area contributed by atoms with Gasteiger partial charge in [0, 0.05) is 0 Å². The van der Waals surface area contributed by atoms with Crippen molar-refractivity contribution in [3.05, 3.63) is 87.4 Å². The summed E-state index contributed by atoms with van der Waals surface area (Å²) in [4.78, 5) is 0. The van der Waals surface area contributed by atoms with Crippen LogP contribution in [0.25, 0.3) is 0 Å². The lowest BCUT2D eigenvalue weighted by Gasteiger charge is -2.15. The summed E-state index contributed by atoms with van der Waals surface area (Å²) in [5, 5.41) is 4.10. The Morgan fingerprint density at radius 1 is 1.00 bits per heavy atom. The van der Waals surface area contributed by atoms with E-state index in [0.717, 1.165) is 23.3 Å². The highest BCUT2D eigenvalue weighted by Crippen LogP contribution is 2.37. The third-order valence-corrected chi connectivity index (χ3v) is 5.04. The van der Waals surface area contributed by atoms with Crippen LogP contribution >= 0.6 is 15.9 Å². The second-order valence-electron chi connectivity index (χ2n) is 6.98. The first-order valence-corrected chi connectivity index (χ1v) is 10.7. The topological polar surface area (TPSA) is 42.8 Å². The van der Waals surface area contributed by atoms with E-state index in [1.165, 1.54) is 17.7 Å². The molecule has 0 aliphatic heterocycles. The third kappa shape index (κ3) is 6.50. The molecule has 0 aromatic heterocycles. The molecule has 0 fully saturated rings. The molecule has 0 aliphatic rings. The van der Waals surface area contributed by atoms with E-state index in [9.17, 15) is 13.2 Å². The van der Waals surface area contributed by atoms with E-state index in [0.29, 0.717) is 34.9 Å². The number of alkyl halides is 3. The molecule has 3 rings (SSSR count). The number of hydrazone groups is 1. The van der Waals surface area contributed by atoms with Gasteiger partial charge in [-0.2, -0.15) is 18.3 Å². The molecule has 8 heteroatoms. The van der Waals surface area contributed by atoms with E-state index in [1.807, 2.05) is 44.2 Å². The van der Waals surface area contributed by atoms with Crippen molar-refractivity contribution < 1.29 is 22.6 Å². The Morgan fingerprint density at radius 3 is 2.31 bits per heavy atom. The molecule has 4 nitrogen and oxygen atoms in total. The minimum absolute atomic E-state index is 0.391. The third-order valence-electron chi connectivity index (χ3n) is 4.45. The van der Waals surface area contributed by atoms with E-state index >= 15 is 0 Å². The molecule has 0 atom stereocenters. The van der Waals surface area contributed by atoms with Crippen LogP contribution in [-0.4, -0.2) is 12.8 Å². The molecular formula is C24H22BrF3N2O2. The number of nitrogens with zero attached hydrogens (tertiary/aromatic N) is 1. The van der Waals surface area contributed by atoms with E-state index < -0.39 is 11.7 Å². The van der Waals surface area contributed by atoms with Crippen molar-refractivity contribution in [2.45, 2.75) is 26.6 Å². The highest BCUT2D eigenvalue weighted by atomic mass is 79.9. The molecule has 1 N–H and O–H groups in total. The molecule has 3 aromatic carbocycles. The molecule has 0 aliphatic carbocycles. The highest BCUT2D eigenvalue weighted by Gasteiger charge is 2.29. The molecular weight excluding hydrogens is 485 g/mol. The van der Waals surface area contributed by atoms with Crippen molar-refractivity contribution in [3.8, 4) is 11.5 Å². The van der Waals surface area contributed by atoms with Crippen LogP contribution in [0.4, 0.5) is 18.9 Å². The zero-order chi connectivity index (χ0) is 23.1. The van der Waals surface area contributed by atoms with Crippen LogP contribution in [0.2, 0.25) is 0 Å². The normalized spacial score (nSPS) is 11.6. The van der Waals surface area contributed by atoms with Crippen molar-refractivity contribution in [1.29, 1.82) is 0 Å². The van der Waals surface area contributed by atoms with Gasteiger partial charge in [-0.15, -0.1) is 0 Å². The van der Waals surface area contributed by atoms with Crippen molar-refractivity contribution in [1.82, 2.24) is 0 Å². The Labute approximate surface area is 193 Å². The van der Waals surface area contributed by atoms with Crippen LogP contribution in [0.1, 0.15) is 29.2 Å². The Hall–Kier alpha value is -3.00. The maximum absolute atomic E-state index is 12.7. The van der Waals surface area contributed by atoms with Gasteiger partial charge >= 0.3 is 6.18 Å². The Balaban J connectivity index is 1.71. The number of anilines is 1. The Bertz CT molecular complexity index is 1070. The van der Waals surface area contributed by atoms with Gasteiger partial charge in [-0.25, -0.2) is 0 Å². The summed E-state index contributed by atoms with van der Waals surface area (Å²) in [6.07, 6.45) is -2.82. The summed E-state index contributed by atoms with van der Waals surface area (Å²) in [5.41, 5.74) is 5.40. The SMILES string of the molecule is CCOc1cc(/C=N/Nc2ccc(C(F)(F)F)cc2)cc(Br)c1OCc1ccc(C)cc1. The molecule has 0 heterocycles. The number of hydrogen-bond acceptors (Lipinski definition) is 4. The average molecular weight is 507 g/mol. The summed E-state index contributed by atoms with van der Waals surface area (Å²) >= 11 is 3.52. The van der Waals surface area contributed by atoms with Crippen LogP contribution in [0.15, 0.2) is 70.2 Å². The second-order valence-corrected chi connectivity index (χ2v) is 7.84. The van der Waals surface area contributed by atoms with Gasteiger partial charge in [-0.1, -0.05) is 29.8 Å². The van der Waals surface area contributed by atoms with Crippen LogP contribution in [0.5, 0.6) is 11.5 Å². The number of ether oxygens (including phenoxy) is 2. The lowest BCUT2D eigenvalue weighted by molar-refractivity contribution is -0.137. The molecule has 32 heavy (non-hydrogen) atoms. The van der Waals surface area contributed by atoms with Gasteiger partial charge < -0.3 is 9.47 Å². The Morgan fingerprint density at radius 2 is 1.69 bits per heavy atom. The Kier molecular flexibility index (Phi) is 7.80. The van der Waals surface area contributed by atoms with Crippen molar-refractivity contribution in [3.63, 3.8) is 0 Å². The molecule has 0 saturated carbocycles. The fourth-order valence-corrected chi connectivity index (χ4v) is 3.39. The zero-order valence-electron chi connectivity index (χ0n) is 17.5. The van der Waals surface area contributed by atoms with Gasteiger partial charge in [0.25, 0.3) is 0 Å². The van der Waals surface area contributed by atoms with Gasteiger partial charge in [0.05, 0.1) is 28.5 Å². The van der Waals surface area contributed by atoms with E-state index in [2.05, 4.69) is 26.5 Å². The second kappa shape index (κ2) is 10.5. The molecule has 168 valence electrons. The first-order chi connectivity index (χ1) is 15.3. The predicted molar refractivity (Wildman–Crippen MR) is 123 cm³/mol. The van der Waals surface area contributed by atoms with Crippen LogP contribution in [0.3, 0.4) is 0 Å². The molecule has 3 aromatic rings. The monoisotopic (exact) mass is 506 g/mol. The maximum atomic E-state index is 12.7. The fraction of sp³-hybridized carbons (Fsp3) is 0.208. The van der Waals surface area contributed by atoms with E-state index in [-0.39, 0.29) is 0 Å². The number of rotatable bonds is 8. The van der Waals surface area contributed by atoms with E-state index in [1.54, 1.807) is 12.3 Å². The first-order valence-electron chi connectivity index (χ1n) is 9.87. The average Bonchev–Trinajstić information content (AvgIpc) is 2.74. The van der Waals surface area contributed by atoms with Crippen molar-refractivity contribution >= 4 is 27.8 Å². The number of nitrogens with one attached hydrogen (secondary N) is 1. The lowest BCUT2D eigenvalue weighted by Crippen LogP contribution is -2.04. The quantitative estimate of drug-likeness (QED) is 0.259. The molecule has 0 radical (unpaired) electrons. The minimum atomic E-state index is -4.37. The molecule has 0 amide bonds. The number of aryl methyl sites for hydroxylation is 1. The van der Waals surface area contributed by atoms with Crippen LogP contribution < -0.4 is 14.9 Å². The van der Waals surface area contributed by atoms with Gasteiger partial charge in [0.2, 0.25) is 0 Å². The predicted octanol–water partition coefficient (Wildman–Crippen LogP) is 7.20. The molecule has 0 bridgehead atoms. The molecule has 0 unspecified atom stereocenters. The summed E-state index contributed by atoms with van der Waals surface area (Å²) < 4.78 is 50.4. The largest absolute Gasteiger partial charge is 0.490 e. The van der Waals surface area contributed by atoms with Gasteiger partial charge in [-0.05, 0) is 77.3 Å². The standard InChI is InChI=1S/C24H22BrF3N2O2/c1-3-31-22-13-18(14-29-30-20-10-8-19(9-11-20)24(26,27)28)12-21(25)23(22)32-15-17-6-4-16(2)5-7-17/h4-14,30H,3,15H2,1-2H3/b29-14+. The smallest absolute Gasteiger partial charge is 0.416 e. The number of hydrogen-bond donors (Lipinski definition) is 1. The summed E-state index contributed by atoms with van der Waals surface area (Å²) in [6, 6.07) is 16.3. The number of halogens is 4. The first kappa shape index (κ1) is 23.7. The van der Waals surface area contributed by atoms with Gasteiger partial charge in [0.15, 0.2) is 11.5 Å². The van der Waals surface area contributed by atoms with Crippen LogP contribution in [-0.2, 0) is 12.8 Å². The summed E-state index contributed by atoms with van der Waals surface area (Å²) in [5.74, 6) is 1.14. The zero-order valence-corrected chi connectivity index (χ0v) is 19.1. The van der Waals surface area contributed by atoms with Crippen molar-refractivity contribution in [2.75, 3.05) is 12.0 Å². The van der Waals surface area contributed by atoms with Crippen molar-refractivity contribution in [2.24, 2.45) is 5.10 Å². The van der Waals surface area contributed by atoms with Gasteiger partial charge in [-0.3, -0.25) is 5.43 Å². The molecule has 0 spiro atoms. The number of benzene rings is 3. The van der Waals surface area contributed by atoms with Gasteiger partial charge in [0.1, 0.15) is 6.61 Å². The lowest BCUT2D eigenvalue weighted by atomic mass is 10.1. The van der Waals surface area contributed by atoms with E-state index in [4.69, 9.17) is 9.47 Å². The molecule has 0 saturated heterocycles. The maximum Gasteiger partial charge on any atom is 0.416 e. The van der Waals surface area contributed by atoms with Crippen LogP contribution in [0, 0.1) is 6.92 Å². The minimum Gasteiger partial charge on any atom is -0.490 e.